The highest BCUT2D eigenvalue weighted by Gasteiger charge is 2.35. The fraction of sp³-hybridized carbons (Fsp3) is 0.385. The van der Waals surface area contributed by atoms with E-state index >= 15 is 0 Å². The lowest BCUT2D eigenvalue weighted by Gasteiger charge is -2.13. The standard InChI is InChI=1S/C13H12F3NO4/c14-13(15,16)7-2-1-3-8(6-7)17-11(18)9-4-5-10(21-9)12(19)20/h1-3,6,9-10H,4-5H2,(H,17,18)(H,19,20). The Labute approximate surface area is 117 Å². The van der Waals surface area contributed by atoms with Gasteiger partial charge in [0, 0.05) is 5.69 Å². The van der Waals surface area contributed by atoms with Gasteiger partial charge in [-0.25, -0.2) is 4.79 Å². The van der Waals surface area contributed by atoms with Crippen LogP contribution in [-0.2, 0) is 20.5 Å². The number of carboxylic acid groups (broad SMARTS) is 1. The second-order valence-corrected chi connectivity index (χ2v) is 4.60. The fourth-order valence-corrected chi connectivity index (χ4v) is 2.01. The summed E-state index contributed by atoms with van der Waals surface area (Å²) in [6, 6.07) is 4.19. The minimum atomic E-state index is -4.50. The van der Waals surface area contributed by atoms with Crippen molar-refractivity contribution in [1.29, 1.82) is 0 Å². The zero-order chi connectivity index (χ0) is 15.6. The van der Waals surface area contributed by atoms with Gasteiger partial charge in [-0.3, -0.25) is 4.79 Å². The van der Waals surface area contributed by atoms with E-state index in [9.17, 15) is 22.8 Å². The van der Waals surface area contributed by atoms with Crippen LogP contribution in [0.4, 0.5) is 18.9 Å². The van der Waals surface area contributed by atoms with E-state index in [1.165, 1.54) is 12.1 Å². The van der Waals surface area contributed by atoms with Gasteiger partial charge >= 0.3 is 12.1 Å². The Bertz CT molecular complexity index is 559. The first kappa shape index (κ1) is 15.3. The minimum Gasteiger partial charge on any atom is -0.479 e. The van der Waals surface area contributed by atoms with Crippen LogP contribution in [0.2, 0.25) is 0 Å². The van der Waals surface area contributed by atoms with Crippen LogP contribution in [-0.4, -0.2) is 29.2 Å². The Kier molecular flexibility index (Phi) is 4.17. The lowest BCUT2D eigenvalue weighted by molar-refractivity contribution is -0.151. The normalized spacial score (nSPS) is 22.0. The predicted octanol–water partition coefficient (Wildman–Crippen LogP) is 2.28. The van der Waals surface area contributed by atoms with Crippen molar-refractivity contribution in [3.8, 4) is 0 Å². The maximum atomic E-state index is 12.5. The summed E-state index contributed by atoms with van der Waals surface area (Å²) in [6.45, 7) is 0. The largest absolute Gasteiger partial charge is 0.479 e. The molecule has 1 aromatic rings. The molecule has 0 aliphatic carbocycles. The number of anilines is 1. The third-order valence-electron chi connectivity index (χ3n) is 3.04. The van der Waals surface area contributed by atoms with Crippen molar-refractivity contribution < 1.29 is 32.6 Å². The number of carboxylic acids is 1. The number of hydrogen-bond acceptors (Lipinski definition) is 3. The lowest BCUT2D eigenvalue weighted by Crippen LogP contribution is -2.30. The molecule has 0 saturated carbocycles. The van der Waals surface area contributed by atoms with Crippen molar-refractivity contribution >= 4 is 17.6 Å². The van der Waals surface area contributed by atoms with E-state index in [-0.39, 0.29) is 18.5 Å². The number of rotatable bonds is 3. The topological polar surface area (TPSA) is 75.6 Å². The maximum absolute atomic E-state index is 12.5. The number of ether oxygens (including phenoxy) is 1. The predicted molar refractivity (Wildman–Crippen MR) is 65.6 cm³/mol. The number of amides is 1. The van der Waals surface area contributed by atoms with Crippen LogP contribution in [0.5, 0.6) is 0 Å². The molecule has 1 fully saturated rings. The Hall–Kier alpha value is -2.09. The van der Waals surface area contributed by atoms with Gasteiger partial charge in [-0.1, -0.05) is 6.07 Å². The van der Waals surface area contributed by atoms with Gasteiger partial charge in [-0.15, -0.1) is 0 Å². The number of carbonyl (C=O) groups excluding carboxylic acids is 1. The van der Waals surface area contributed by atoms with Crippen LogP contribution in [0.15, 0.2) is 24.3 Å². The third kappa shape index (κ3) is 3.72. The third-order valence-corrected chi connectivity index (χ3v) is 3.04. The van der Waals surface area contributed by atoms with Crippen LogP contribution in [0, 0.1) is 0 Å². The van der Waals surface area contributed by atoms with Crippen LogP contribution >= 0.6 is 0 Å². The summed E-state index contributed by atoms with van der Waals surface area (Å²) >= 11 is 0. The smallest absolute Gasteiger partial charge is 0.416 e. The Morgan fingerprint density at radius 3 is 2.48 bits per heavy atom. The summed E-state index contributed by atoms with van der Waals surface area (Å²) in [5, 5.41) is 11.0. The van der Waals surface area contributed by atoms with Crippen LogP contribution in [0.1, 0.15) is 18.4 Å². The van der Waals surface area contributed by atoms with Gasteiger partial charge < -0.3 is 15.2 Å². The molecule has 1 heterocycles. The maximum Gasteiger partial charge on any atom is 0.416 e. The molecule has 1 amide bonds. The fourth-order valence-electron chi connectivity index (χ4n) is 2.01. The van der Waals surface area contributed by atoms with Crippen LogP contribution < -0.4 is 5.32 Å². The number of nitrogens with one attached hydrogen (secondary N) is 1. The Balaban J connectivity index is 2.02. The first-order valence-electron chi connectivity index (χ1n) is 6.14. The Morgan fingerprint density at radius 1 is 1.24 bits per heavy atom. The Morgan fingerprint density at radius 2 is 1.90 bits per heavy atom. The first-order valence-corrected chi connectivity index (χ1v) is 6.14. The molecule has 0 radical (unpaired) electrons. The van der Waals surface area contributed by atoms with Gasteiger partial charge in [0.2, 0.25) is 0 Å². The van der Waals surface area contributed by atoms with E-state index in [1.807, 2.05) is 0 Å². The number of carbonyl (C=O) groups is 2. The van der Waals surface area contributed by atoms with E-state index in [2.05, 4.69) is 5.32 Å². The number of aliphatic carboxylic acids is 1. The lowest BCUT2D eigenvalue weighted by atomic mass is 10.1. The molecule has 2 rings (SSSR count). The highest BCUT2D eigenvalue weighted by atomic mass is 19.4. The summed E-state index contributed by atoms with van der Waals surface area (Å²) in [5.41, 5.74) is -0.895. The van der Waals surface area contributed by atoms with Gasteiger partial charge in [0.15, 0.2) is 6.10 Å². The van der Waals surface area contributed by atoms with Crippen molar-refractivity contribution in [2.75, 3.05) is 5.32 Å². The first-order chi connectivity index (χ1) is 9.77. The van der Waals surface area contributed by atoms with Gasteiger partial charge in [-0.2, -0.15) is 13.2 Å². The van der Waals surface area contributed by atoms with E-state index in [0.717, 1.165) is 12.1 Å². The number of halogens is 3. The summed E-state index contributed by atoms with van der Waals surface area (Å²) in [5.74, 6) is -1.82. The van der Waals surface area contributed by atoms with Crippen LogP contribution in [0.3, 0.4) is 0 Å². The molecule has 114 valence electrons. The average Bonchev–Trinajstić information content (AvgIpc) is 2.88. The summed E-state index contributed by atoms with van der Waals surface area (Å²) in [4.78, 5) is 22.5. The number of hydrogen-bond donors (Lipinski definition) is 2. The van der Waals surface area contributed by atoms with Crippen molar-refractivity contribution in [3.63, 3.8) is 0 Å². The molecule has 1 saturated heterocycles. The van der Waals surface area contributed by atoms with E-state index in [0.29, 0.717) is 0 Å². The molecule has 21 heavy (non-hydrogen) atoms. The zero-order valence-electron chi connectivity index (χ0n) is 10.7. The molecular formula is C13H12F3NO4. The van der Waals surface area contributed by atoms with Crippen LogP contribution in [0.25, 0.3) is 0 Å². The second-order valence-electron chi connectivity index (χ2n) is 4.60. The van der Waals surface area contributed by atoms with Gasteiger partial charge in [0.25, 0.3) is 5.91 Å². The second kappa shape index (κ2) is 5.72. The summed E-state index contributed by atoms with van der Waals surface area (Å²) in [7, 11) is 0. The van der Waals surface area contributed by atoms with Crippen molar-refractivity contribution in [1.82, 2.24) is 0 Å². The summed E-state index contributed by atoms with van der Waals surface area (Å²) < 4.78 is 42.7. The SMILES string of the molecule is O=C(O)C1CCC(C(=O)Nc2cccc(C(F)(F)F)c2)O1. The highest BCUT2D eigenvalue weighted by Crippen LogP contribution is 2.31. The van der Waals surface area contributed by atoms with E-state index < -0.39 is 35.8 Å². The molecular weight excluding hydrogens is 291 g/mol. The molecule has 1 aliphatic heterocycles. The molecule has 8 heteroatoms. The molecule has 2 N–H and O–H groups in total. The van der Waals surface area contributed by atoms with E-state index in [1.54, 1.807) is 0 Å². The molecule has 0 bridgehead atoms. The highest BCUT2D eigenvalue weighted by molar-refractivity contribution is 5.94. The number of benzene rings is 1. The molecule has 2 unspecified atom stereocenters. The van der Waals surface area contributed by atoms with E-state index in [4.69, 9.17) is 9.84 Å². The quantitative estimate of drug-likeness (QED) is 0.898. The minimum absolute atomic E-state index is 0.0165. The molecule has 1 aliphatic rings. The molecule has 0 spiro atoms. The van der Waals surface area contributed by atoms with Gasteiger partial charge in [0.1, 0.15) is 6.10 Å². The van der Waals surface area contributed by atoms with Crippen molar-refractivity contribution in [2.45, 2.75) is 31.2 Å². The molecule has 2 atom stereocenters. The van der Waals surface area contributed by atoms with Gasteiger partial charge in [-0.05, 0) is 31.0 Å². The molecule has 0 aromatic heterocycles. The zero-order valence-corrected chi connectivity index (χ0v) is 10.7. The number of alkyl halides is 3. The van der Waals surface area contributed by atoms with Gasteiger partial charge in [0.05, 0.1) is 5.56 Å². The molecule has 1 aromatic carbocycles. The van der Waals surface area contributed by atoms with Crippen molar-refractivity contribution in [3.05, 3.63) is 29.8 Å². The monoisotopic (exact) mass is 303 g/mol. The van der Waals surface area contributed by atoms with Crippen molar-refractivity contribution in [2.24, 2.45) is 0 Å². The summed E-state index contributed by atoms with van der Waals surface area (Å²) in [6.07, 6.45) is -6.13. The average molecular weight is 303 g/mol. The molecule has 5 nitrogen and oxygen atoms in total.